The van der Waals surface area contributed by atoms with Crippen molar-refractivity contribution in [1.82, 2.24) is 25.2 Å². The van der Waals surface area contributed by atoms with Gasteiger partial charge in [0.25, 0.3) is 0 Å². The minimum absolute atomic E-state index is 0.0401. The lowest BCUT2D eigenvalue weighted by atomic mass is 10.3. The lowest BCUT2D eigenvalue weighted by Crippen LogP contribution is -2.35. The quantitative estimate of drug-likeness (QED) is 0.808. The van der Waals surface area contributed by atoms with Crippen molar-refractivity contribution in [2.45, 2.75) is 52.9 Å². The smallest absolute Gasteiger partial charge is 0.244 e. The van der Waals surface area contributed by atoms with Gasteiger partial charge in [0.1, 0.15) is 6.54 Å². The second-order valence-corrected chi connectivity index (χ2v) is 5.04. The Labute approximate surface area is 108 Å². The normalized spacial score (nSPS) is 11.3. The van der Waals surface area contributed by atoms with Crippen LogP contribution in [-0.2, 0) is 17.9 Å². The molecule has 0 fully saturated rings. The Bertz CT molecular complexity index is 386. The maximum absolute atomic E-state index is 11.9. The zero-order valence-electron chi connectivity index (χ0n) is 11.8. The van der Waals surface area contributed by atoms with Gasteiger partial charge in [0.2, 0.25) is 5.91 Å². The van der Waals surface area contributed by atoms with Gasteiger partial charge in [-0.1, -0.05) is 19.1 Å². The maximum atomic E-state index is 11.9. The number of nitrogens with zero attached hydrogens (tertiary/aromatic N) is 4. The number of nitrogens with one attached hydrogen (secondary N) is 1. The molecule has 0 aliphatic rings. The Morgan fingerprint density at radius 2 is 2.11 bits per heavy atom. The predicted molar refractivity (Wildman–Crippen MR) is 69.9 cm³/mol. The van der Waals surface area contributed by atoms with E-state index in [0.29, 0.717) is 12.6 Å². The van der Waals surface area contributed by atoms with E-state index in [9.17, 15) is 4.79 Å². The summed E-state index contributed by atoms with van der Waals surface area (Å²) in [5, 5.41) is 11.2. The molecule has 0 radical (unpaired) electrons. The van der Waals surface area contributed by atoms with Crippen LogP contribution in [0.15, 0.2) is 6.20 Å². The Morgan fingerprint density at radius 1 is 1.44 bits per heavy atom. The maximum Gasteiger partial charge on any atom is 0.244 e. The highest BCUT2D eigenvalue weighted by atomic mass is 16.2. The van der Waals surface area contributed by atoms with Gasteiger partial charge in [-0.05, 0) is 13.8 Å². The molecule has 0 aliphatic heterocycles. The molecular weight excluding hydrogens is 230 g/mol. The number of carbonyl (C=O) groups is 1. The van der Waals surface area contributed by atoms with Crippen molar-refractivity contribution in [3.05, 3.63) is 11.9 Å². The number of likely N-dealkylation sites (N-methyl/N-ethyl adjacent to an activating group) is 1. The highest BCUT2D eigenvalue weighted by Gasteiger charge is 2.13. The van der Waals surface area contributed by atoms with Crippen LogP contribution in [0, 0.1) is 0 Å². The van der Waals surface area contributed by atoms with Crippen LogP contribution < -0.4 is 5.32 Å². The molecule has 1 rings (SSSR count). The third kappa shape index (κ3) is 4.44. The summed E-state index contributed by atoms with van der Waals surface area (Å²) in [5.74, 6) is 0.0401. The number of rotatable bonds is 6. The first-order chi connectivity index (χ1) is 8.40. The fourth-order valence-corrected chi connectivity index (χ4v) is 1.34. The average Bonchev–Trinajstić information content (AvgIpc) is 2.72. The van der Waals surface area contributed by atoms with Crippen molar-refractivity contribution in [3.63, 3.8) is 0 Å². The molecule has 6 nitrogen and oxygen atoms in total. The third-order valence-corrected chi connectivity index (χ3v) is 2.74. The molecule has 0 aliphatic carbocycles. The van der Waals surface area contributed by atoms with E-state index in [1.165, 1.54) is 0 Å². The molecule has 0 aromatic carbocycles. The van der Waals surface area contributed by atoms with Gasteiger partial charge >= 0.3 is 0 Å². The monoisotopic (exact) mass is 253 g/mol. The van der Waals surface area contributed by atoms with Gasteiger partial charge in [-0.3, -0.25) is 4.79 Å². The number of hydrogen-bond donors (Lipinski definition) is 1. The minimum atomic E-state index is 0.0401. The highest BCUT2D eigenvalue weighted by molar-refractivity contribution is 5.75. The molecule has 102 valence electrons. The van der Waals surface area contributed by atoms with Crippen LogP contribution in [0.2, 0.25) is 0 Å². The zero-order chi connectivity index (χ0) is 13.7. The van der Waals surface area contributed by atoms with Gasteiger partial charge in [0, 0.05) is 25.7 Å². The Balaban J connectivity index is 2.51. The number of amides is 1. The first kappa shape index (κ1) is 14.6. The van der Waals surface area contributed by atoms with Crippen LogP contribution in [0.5, 0.6) is 0 Å². The summed E-state index contributed by atoms with van der Waals surface area (Å²) in [7, 11) is 1.80. The van der Waals surface area contributed by atoms with Gasteiger partial charge in [-0.15, -0.1) is 5.10 Å². The Kier molecular flexibility index (Phi) is 5.27. The van der Waals surface area contributed by atoms with Gasteiger partial charge in [0.05, 0.1) is 11.9 Å². The molecule has 0 unspecified atom stereocenters. The van der Waals surface area contributed by atoms with Crippen LogP contribution in [-0.4, -0.2) is 44.9 Å². The standard InChI is InChI=1S/C12H23N5O/c1-9(2)13-6-11-7-17(15-14-11)8-12(18)16(5)10(3)4/h7,9-10,13H,6,8H2,1-5H3. The van der Waals surface area contributed by atoms with Crippen LogP contribution in [0.3, 0.4) is 0 Å². The van der Waals surface area contributed by atoms with E-state index >= 15 is 0 Å². The van der Waals surface area contributed by atoms with Gasteiger partial charge in [-0.2, -0.15) is 0 Å². The molecule has 0 spiro atoms. The number of aromatic nitrogens is 3. The summed E-state index contributed by atoms with van der Waals surface area (Å²) in [6, 6.07) is 0.604. The zero-order valence-corrected chi connectivity index (χ0v) is 11.8. The highest BCUT2D eigenvalue weighted by Crippen LogP contribution is 1.98. The van der Waals surface area contributed by atoms with Gasteiger partial charge in [0.15, 0.2) is 0 Å². The summed E-state index contributed by atoms with van der Waals surface area (Å²) in [5.41, 5.74) is 0.851. The fourth-order valence-electron chi connectivity index (χ4n) is 1.34. The summed E-state index contributed by atoms with van der Waals surface area (Å²) in [4.78, 5) is 13.6. The summed E-state index contributed by atoms with van der Waals surface area (Å²) in [6.07, 6.45) is 1.81. The molecule has 1 heterocycles. The molecule has 0 atom stereocenters. The average molecular weight is 253 g/mol. The molecule has 1 amide bonds. The van der Waals surface area contributed by atoms with Crippen LogP contribution >= 0.6 is 0 Å². The van der Waals surface area contributed by atoms with E-state index in [4.69, 9.17) is 0 Å². The number of hydrogen-bond acceptors (Lipinski definition) is 4. The Hall–Kier alpha value is -1.43. The SMILES string of the molecule is CC(C)NCc1cn(CC(=O)N(C)C(C)C)nn1. The molecule has 18 heavy (non-hydrogen) atoms. The van der Waals surface area contributed by atoms with Gasteiger partial charge in [-0.25, -0.2) is 4.68 Å². The van der Waals surface area contributed by atoms with Gasteiger partial charge < -0.3 is 10.2 Å². The Morgan fingerprint density at radius 3 is 2.67 bits per heavy atom. The fraction of sp³-hybridized carbons (Fsp3) is 0.750. The first-order valence-corrected chi connectivity index (χ1v) is 6.28. The lowest BCUT2D eigenvalue weighted by molar-refractivity contribution is -0.132. The lowest BCUT2D eigenvalue weighted by Gasteiger charge is -2.20. The number of carbonyl (C=O) groups excluding carboxylic acids is 1. The molecule has 1 aromatic rings. The minimum Gasteiger partial charge on any atom is -0.342 e. The van der Waals surface area contributed by atoms with Crippen molar-refractivity contribution < 1.29 is 4.79 Å². The van der Waals surface area contributed by atoms with Crippen molar-refractivity contribution in [3.8, 4) is 0 Å². The molecule has 1 aromatic heterocycles. The molecular formula is C12H23N5O. The third-order valence-electron chi connectivity index (χ3n) is 2.74. The summed E-state index contributed by atoms with van der Waals surface area (Å²) in [6.45, 7) is 9.03. The molecule has 0 bridgehead atoms. The van der Waals surface area contributed by atoms with Crippen LogP contribution in [0.1, 0.15) is 33.4 Å². The van der Waals surface area contributed by atoms with E-state index in [1.807, 2.05) is 13.8 Å². The van der Waals surface area contributed by atoms with Crippen LogP contribution in [0.4, 0.5) is 0 Å². The van der Waals surface area contributed by atoms with Crippen molar-refractivity contribution >= 4 is 5.91 Å². The largest absolute Gasteiger partial charge is 0.342 e. The van der Waals surface area contributed by atoms with E-state index in [2.05, 4.69) is 29.5 Å². The van der Waals surface area contributed by atoms with E-state index in [1.54, 1.807) is 22.8 Å². The van der Waals surface area contributed by atoms with E-state index in [-0.39, 0.29) is 18.5 Å². The van der Waals surface area contributed by atoms with Crippen molar-refractivity contribution in [1.29, 1.82) is 0 Å². The van der Waals surface area contributed by atoms with Crippen molar-refractivity contribution in [2.24, 2.45) is 0 Å². The molecule has 0 saturated carbocycles. The molecule has 6 heteroatoms. The molecule has 1 N–H and O–H groups in total. The van der Waals surface area contributed by atoms with E-state index < -0.39 is 0 Å². The summed E-state index contributed by atoms with van der Waals surface area (Å²) >= 11 is 0. The molecule has 0 saturated heterocycles. The first-order valence-electron chi connectivity index (χ1n) is 6.28. The second-order valence-electron chi connectivity index (χ2n) is 5.04. The summed E-state index contributed by atoms with van der Waals surface area (Å²) < 4.78 is 1.58. The predicted octanol–water partition coefficient (Wildman–Crippen LogP) is 0.643. The van der Waals surface area contributed by atoms with E-state index in [0.717, 1.165) is 5.69 Å². The van der Waals surface area contributed by atoms with Crippen molar-refractivity contribution in [2.75, 3.05) is 7.05 Å². The second kappa shape index (κ2) is 6.49. The van der Waals surface area contributed by atoms with Crippen LogP contribution in [0.25, 0.3) is 0 Å². The topological polar surface area (TPSA) is 63.1 Å².